The van der Waals surface area contributed by atoms with Gasteiger partial charge < -0.3 is 5.21 Å². The second kappa shape index (κ2) is 2.08. The molecule has 0 saturated carbocycles. The zero-order valence-corrected chi connectivity index (χ0v) is 6.26. The lowest BCUT2D eigenvalue weighted by Crippen LogP contribution is -2.29. The Balaban J connectivity index is 2.94. The van der Waals surface area contributed by atoms with Crippen molar-refractivity contribution in [2.75, 3.05) is 0 Å². The molecule has 1 aliphatic rings. The average Bonchev–Trinajstić information content (AvgIpc) is 2.10. The van der Waals surface area contributed by atoms with Crippen LogP contribution in [0.4, 0.5) is 0 Å². The summed E-state index contributed by atoms with van der Waals surface area (Å²) in [5, 5.41) is 11.1. The maximum Gasteiger partial charge on any atom is 0.227 e. The molecule has 0 aliphatic carbocycles. The lowest BCUT2D eigenvalue weighted by Gasteiger charge is -2.17. The van der Waals surface area contributed by atoms with Gasteiger partial charge in [0.1, 0.15) is 0 Å². The minimum Gasteiger partial charge on any atom is -0.623 e. The Morgan fingerprint density at radius 1 is 1.70 bits per heavy atom. The molecule has 0 amide bonds. The molecule has 3 nitrogen and oxygen atoms in total. The fourth-order valence-electron chi connectivity index (χ4n) is 1.13. The van der Waals surface area contributed by atoms with Crippen molar-refractivity contribution in [2.45, 2.75) is 32.2 Å². The van der Waals surface area contributed by atoms with E-state index in [9.17, 15) is 10.0 Å². The first-order valence-corrected chi connectivity index (χ1v) is 3.36. The summed E-state index contributed by atoms with van der Waals surface area (Å²) in [6.45, 7) is 3.69. The van der Waals surface area contributed by atoms with Crippen molar-refractivity contribution in [1.29, 1.82) is 0 Å². The molecule has 0 unspecified atom stereocenters. The Bertz CT molecular complexity index is 194. The number of carbonyl (C=O) groups is 1. The fraction of sp³-hybridized carbons (Fsp3) is 0.714. The molecule has 0 aromatic carbocycles. The van der Waals surface area contributed by atoms with Crippen LogP contribution in [0.1, 0.15) is 26.7 Å². The lowest BCUT2D eigenvalue weighted by molar-refractivity contribution is -0.530. The summed E-state index contributed by atoms with van der Waals surface area (Å²) >= 11 is 0. The minimum atomic E-state index is -0.365. The molecular formula is C7H11NO2. The monoisotopic (exact) mass is 141 g/mol. The second-order valence-electron chi connectivity index (χ2n) is 3.22. The van der Waals surface area contributed by atoms with Crippen LogP contribution in [0.5, 0.6) is 0 Å². The van der Waals surface area contributed by atoms with E-state index < -0.39 is 0 Å². The first-order valence-electron chi connectivity index (χ1n) is 3.36. The molecule has 1 heterocycles. The Hall–Kier alpha value is -0.860. The highest BCUT2D eigenvalue weighted by Crippen LogP contribution is 2.22. The number of rotatable bonds is 1. The summed E-state index contributed by atoms with van der Waals surface area (Å²) < 4.78 is 0.819. The van der Waals surface area contributed by atoms with Crippen molar-refractivity contribution in [1.82, 2.24) is 0 Å². The number of carbonyl (C=O) groups excluding carboxylic acids is 1. The van der Waals surface area contributed by atoms with Gasteiger partial charge >= 0.3 is 0 Å². The third-order valence-electron chi connectivity index (χ3n) is 1.94. The molecule has 10 heavy (non-hydrogen) atoms. The molecule has 0 bridgehead atoms. The summed E-state index contributed by atoms with van der Waals surface area (Å²) in [5.41, 5.74) is 0.0148. The average molecular weight is 141 g/mol. The molecule has 0 atom stereocenters. The van der Waals surface area contributed by atoms with Gasteiger partial charge in [-0.05, 0) is 0 Å². The quantitative estimate of drug-likeness (QED) is 0.306. The number of nitrogens with zero attached hydrogens (tertiary/aromatic N) is 1. The number of hydroxylamine groups is 1. The normalized spacial score (nSPS) is 23.4. The molecule has 0 fully saturated rings. The highest BCUT2D eigenvalue weighted by Gasteiger charge is 2.36. The number of hydrogen-bond donors (Lipinski definition) is 0. The molecule has 3 heteroatoms. The predicted molar refractivity (Wildman–Crippen MR) is 38.0 cm³/mol. The molecular weight excluding hydrogens is 130 g/mol. The van der Waals surface area contributed by atoms with E-state index in [1.807, 2.05) is 13.8 Å². The molecule has 0 spiro atoms. The van der Waals surface area contributed by atoms with E-state index in [-0.39, 0.29) is 5.54 Å². The van der Waals surface area contributed by atoms with Gasteiger partial charge in [-0.2, -0.15) is 0 Å². The second-order valence-corrected chi connectivity index (χ2v) is 3.22. The van der Waals surface area contributed by atoms with Gasteiger partial charge in [0, 0.05) is 26.7 Å². The zero-order chi connectivity index (χ0) is 7.78. The van der Waals surface area contributed by atoms with Crippen molar-refractivity contribution in [3.05, 3.63) is 5.21 Å². The Labute approximate surface area is 59.9 Å². The maximum atomic E-state index is 11.1. The summed E-state index contributed by atoms with van der Waals surface area (Å²) in [7, 11) is 0. The molecule has 0 aromatic rings. The van der Waals surface area contributed by atoms with Gasteiger partial charge in [0.05, 0.1) is 0 Å². The van der Waals surface area contributed by atoms with Gasteiger partial charge in [0.2, 0.25) is 12.0 Å². The van der Waals surface area contributed by atoms with Crippen LogP contribution >= 0.6 is 0 Å². The van der Waals surface area contributed by atoms with Crippen LogP contribution < -0.4 is 0 Å². The summed E-state index contributed by atoms with van der Waals surface area (Å²) in [5.74, 6) is 0. The molecule has 0 radical (unpaired) electrons. The SMILES string of the molecule is CC1(C)CCC(C=O)=[N+]1[O-]. The van der Waals surface area contributed by atoms with Crippen LogP contribution in [0.2, 0.25) is 0 Å². The van der Waals surface area contributed by atoms with Gasteiger partial charge in [-0.15, -0.1) is 0 Å². The fourth-order valence-corrected chi connectivity index (χ4v) is 1.13. The van der Waals surface area contributed by atoms with Crippen LogP contribution in [-0.2, 0) is 4.79 Å². The van der Waals surface area contributed by atoms with Gasteiger partial charge in [0.25, 0.3) is 0 Å². The standard InChI is InChI=1S/C7H11NO2/c1-7(2)4-3-6(5-9)8(7)10/h5H,3-4H2,1-2H3. The van der Waals surface area contributed by atoms with E-state index in [2.05, 4.69) is 0 Å². The maximum absolute atomic E-state index is 11.1. The molecule has 0 N–H and O–H groups in total. The minimum absolute atomic E-state index is 0.365. The van der Waals surface area contributed by atoms with Gasteiger partial charge in [0.15, 0.2) is 5.54 Å². The van der Waals surface area contributed by atoms with Gasteiger partial charge in [-0.1, -0.05) is 0 Å². The van der Waals surface area contributed by atoms with Crippen molar-refractivity contribution in [3.63, 3.8) is 0 Å². The zero-order valence-electron chi connectivity index (χ0n) is 6.26. The summed E-state index contributed by atoms with van der Waals surface area (Å²) in [6, 6.07) is 0. The third-order valence-corrected chi connectivity index (χ3v) is 1.94. The van der Waals surface area contributed by atoms with Crippen molar-refractivity contribution in [2.24, 2.45) is 0 Å². The highest BCUT2D eigenvalue weighted by atomic mass is 16.5. The smallest absolute Gasteiger partial charge is 0.227 e. The van der Waals surface area contributed by atoms with Crippen LogP contribution in [0, 0.1) is 5.21 Å². The largest absolute Gasteiger partial charge is 0.623 e. The summed E-state index contributed by atoms with van der Waals surface area (Å²) in [4.78, 5) is 10.2. The molecule has 1 rings (SSSR count). The molecule has 1 aliphatic heterocycles. The Morgan fingerprint density at radius 2 is 2.30 bits per heavy atom. The van der Waals surface area contributed by atoms with E-state index in [0.717, 1.165) is 11.2 Å². The third kappa shape index (κ3) is 0.916. The topological polar surface area (TPSA) is 43.1 Å². The molecule has 0 saturated heterocycles. The number of aldehydes is 1. The van der Waals surface area contributed by atoms with Crippen LogP contribution in [0.25, 0.3) is 0 Å². The van der Waals surface area contributed by atoms with Crippen molar-refractivity contribution >= 4 is 12.0 Å². The molecule has 0 aromatic heterocycles. The van der Waals surface area contributed by atoms with Crippen LogP contribution in [-0.4, -0.2) is 22.3 Å². The van der Waals surface area contributed by atoms with Crippen molar-refractivity contribution in [3.8, 4) is 0 Å². The van der Waals surface area contributed by atoms with Crippen molar-refractivity contribution < 1.29 is 9.53 Å². The Morgan fingerprint density at radius 3 is 2.50 bits per heavy atom. The van der Waals surface area contributed by atoms with E-state index in [0.29, 0.717) is 18.4 Å². The lowest BCUT2D eigenvalue weighted by atomic mass is 10.0. The van der Waals surface area contributed by atoms with Crippen LogP contribution in [0.3, 0.4) is 0 Å². The Kier molecular flexibility index (Phi) is 1.50. The predicted octanol–water partition coefficient (Wildman–Crippen LogP) is 0.709. The van der Waals surface area contributed by atoms with E-state index in [1.165, 1.54) is 0 Å². The first-order chi connectivity index (χ1) is 4.58. The van der Waals surface area contributed by atoms with Gasteiger partial charge in [-0.3, -0.25) is 4.79 Å². The van der Waals surface area contributed by atoms with E-state index in [4.69, 9.17) is 0 Å². The number of hydrogen-bond acceptors (Lipinski definition) is 2. The van der Waals surface area contributed by atoms with E-state index >= 15 is 0 Å². The summed E-state index contributed by atoms with van der Waals surface area (Å²) in [6.07, 6.45) is 2.06. The highest BCUT2D eigenvalue weighted by molar-refractivity contribution is 6.26. The van der Waals surface area contributed by atoms with Gasteiger partial charge in [-0.25, -0.2) is 4.74 Å². The first kappa shape index (κ1) is 7.25. The van der Waals surface area contributed by atoms with E-state index in [1.54, 1.807) is 0 Å². The van der Waals surface area contributed by atoms with Crippen LogP contribution in [0.15, 0.2) is 0 Å². The molecule has 56 valence electrons.